The first-order valence-corrected chi connectivity index (χ1v) is 14.1. The van der Waals surface area contributed by atoms with Gasteiger partial charge in [-0.05, 0) is 42.7 Å². The van der Waals surface area contributed by atoms with E-state index >= 15 is 0 Å². The molecule has 2 rings (SSSR count). The lowest BCUT2D eigenvalue weighted by Gasteiger charge is -2.32. The van der Waals surface area contributed by atoms with Gasteiger partial charge in [0.05, 0.1) is 36.2 Å². The molecule has 204 valence electrons. The Hall–Kier alpha value is -2.69. The number of halogens is 2. The van der Waals surface area contributed by atoms with Crippen molar-refractivity contribution in [1.82, 2.24) is 10.2 Å². The Bertz CT molecular complexity index is 1220. The molecule has 0 fully saturated rings. The molecular formula is C25H33Cl2N3O6S. The number of benzene rings is 2. The van der Waals surface area contributed by atoms with E-state index in [1.807, 2.05) is 13.8 Å². The van der Waals surface area contributed by atoms with Gasteiger partial charge in [-0.15, -0.1) is 0 Å². The van der Waals surface area contributed by atoms with E-state index in [0.717, 1.165) is 10.6 Å². The minimum atomic E-state index is -3.93. The molecule has 2 aromatic carbocycles. The summed E-state index contributed by atoms with van der Waals surface area (Å²) in [6.45, 7) is 5.36. The van der Waals surface area contributed by atoms with Crippen LogP contribution in [-0.4, -0.2) is 64.7 Å². The number of methoxy groups -OCH3 is 2. The second-order valence-electron chi connectivity index (χ2n) is 8.89. The first-order valence-electron chi connectivity index (χ1n) is 11.5. The number of anilines is 1. The predicted molar refractivity (Wildman–Crippen MR) is 146 cm³/mol. The zero-order valence-electron chi connectivity index (χ0n) is 21.7. The molecule has 0 unspecified atom stereocenters. The highest BCUT2D eigenvalue weighted by Gasteiger charge is 2.31. The molecule has 0 aliphatic rings. The summed E-state index contributed by atoms with van der Waals surface area (Å²) in [6, 6.07) is 8.56. The maximum absolute atomic E-state index is 13.7. The van der Waals surface area contributed by atoms with Gasteiger partial charge in [0.1, 0.15) is 24.1 Å². The van der Waals surface area contributed by atoms with Crippen LogP contribution in [0.4, 0.5) is 5.69 Å². The molecule has 0 saturated heterocycles. The zero-order chi connectivity index (χ0) is 27.9. The highest BCUT2D eigenvalue weighted by Crippen LogP contribution is 2.34. The number of sulfonamides is 1. The quantitative estimate of drug-likeness (QED) is 0.412. The lowest BCUT2D eigenvalue weighted by molar-refractivity contribution is -0.139. The molecule has 37 heavy (non-hydrogen) atoms. The topological polar surface area (TPSA) is 105 Å². The van der Waals surface area contributed by atoms with E-state index in [4.69, 9.17) is 32.7 Å². The molecule has 0 spiro atoms. The van der Waals surface area contributed by atoms with Gasteiger partial charge in [-0.3, -0.25) is 13.9 Å². The van der Waals surface area contributed by atoms with Crippen molar-refractivity contribution in [3.05, 3.63) is 52.0 Å². The lowest BCUT2D eigenvalue weighted by Crippen LogP contribution is -2.51. The second kappa shape index (κ2) is 13.2. The third kappa shape index (κ3) is 8.41. The van der Waals surface area contributed by atoms with Crippen LogP contribution in [0.2, 0.25) is 10.0 Å². The summed E-state index contributed by atoms with van der Waals surface area (Å²) < 4.78 is 37.1. The minimum absolute atomic E-state index is 0.00331. The molecule has 0 saturated carbocycles. The number of nitrogens with one attached hydrogen (secondary N) is 1. The Morgan fingerprint density at radius 2 is 1.68 bits per heavy atom. The van der Waals surface area contributed by atoms with Gasteiger partial charge < -0.3 is 19.7 Å². The maximum atomic E-state index is 13.7. The van der Waals surface area contributed by atoms with Crippen LogP contribution < -0.4 is 19.1 Å². The summed E-state index contributed by atoms with van der Waals surface area (Å²) >= 11 is 12.2. The highest BCUT2D eigenvalue weighted by atomic mass is 35.5. The van der Waals surface area contributed by atoms with E-state index in [-0.39, 0.29) is 29.8 Å². The summed E-state index contributed by atoms with van der Waals surface area (Å²) in [5.74, 6) is -0.0938. The fourth-order valence-electron chi connectivity index (χ4n) is 3.46. The average Bonchev–Trinajstić information content (AvgIpc) is 2.84. The molecule has 0 heterocycles. The lowest BCUT2D eigenvalue weighted by atomic mass is 10.1. The Morgan fingerprint density at radius 3 is 2.22 bits per heavy atom. The molecule has 1 N–H and O–H groups in total. The molecule has 2 amide bonds. The molecule has 0 radical (unpaired) electrons. The standard InChI is InChI=1S/C25H33Cl2N3O6S/c1-16(2)13-28-25(32)17(3)29(14-18-7-9-20(26)21(27)11-18)24(31)15-30(37(6,33)34)22-10-8-19(35-4)12-23(22)36-5/h7-12,16-17H,13-15H2,1-6H3,(H,28,32)/t17-/m0/s1. The summed E-state index contributed by atoms with van der Waals surface area (Å²) in [6.07, 6.45) is 0.992. The van der Waals surface area contributed by atoms with E-state index in [2.05, 4.69) is 5.32 Å². The minimum Gasteiger partial charge on any atom is -0.497 e. The fourth-order valence-corrected chi connectivity index (χ4v) is 4.63. The van der Waals surface area contributed by atoms with Crippen molar-refractivity contribution in [1.29, 1.82) is 0 Å². The first-order chi connectivity index (χ1) is 17.3. The normalized spacial score (nSPS) is 12.1. The van der Waals surface area contributed by atoms with Gasteiger partial charge >= 0.3 is 0 Å². The van der Waals surface area contributed by atoms with Crippen molar-refractivity contribution < 1.29 is 27.5 Å². The molecule has 0 aromatic heterocycles. The van der Waals surface area contributed by atoms with Crippen molar-refractivity contribution in [2.45, 2.75) is 33.4 Å². The van der Waals surface area contributed by atoms with Crippen LogP contribution >= 0.6 is 23.2 Å². The number of rotatable bonds is 12. The molecule has 12 heteroatoms. The number of hydrogen-bond donors (Lipinski definition) is 1. The van der Waals surface area contributed by atoms with Crippen LogP contribution in [0.3, 0.4) is 0 Å². The number of hydrogen-bond acceptors (Lipinski definition) is 6. The fraction of sp³-hybridized carbons (Fsp3) is 0.440. The van der Waals surface area contributed by atoms with E-state index in [1.54, 1.807) is 31.2 Å². The van der Waals surface area contributed by atoms with Crippen LogP contribution in [0.1, 0.15) is 26.3 Å². The van der Waals surface area contributed by atoms with Crippen molar-refractivity contribution in [2.24, 2.45) is 5.92 Å². The zero-order valence-corrected chi connectivity index (χ0v) is 24.1. The number of carbonyl (C=O) groups excluding carboxylic acids is 2. The van der Waals surface area contributed by atoms with Gasteiger partial charge in [0, 0.05) is 19.2 Å². The number of nitrogens with zero attached hydrogens (tertiary/aromatic N) is 2. The average molecular weight is 575 g/mol. The predicted octanol–water partition coefficient (Wildman–Crippen LogP) is 3.97. The molecule has 0 aliphatic heterocycles. The van der Waals surface area contributed by atoms with Crippen molar-refractivity contribution in [2.75, 3.05) is 37.9 Å². The van der Waals surface area contributed by atoms with E-state index in [9.17, 15) is 18.0 Å². The maximum Gasteiger partial charge on any atom is 0.244 e. The van der Waals surface area contributed by atoms with E-state index in [0.29, 0.717) is 27.9 Å². The molecule has 0 bridgehead atoms. The van der Waals surface area contributed by atoms with Gasteiger partial charge in [0.15, 0.2) is 0 Å². The molecule has 0 aliphatic carbocycles. The van der Waals surface area contributed by atoms with Gasteiger partial charge in [-0.25, -0.2) is 8.42 Å². The Labute approximate surface area is 228 Å². The summed E-state index contributed by atoms with van der Waals surface area (Å²) in [4.78, 5) is 27.9. The van der Waals surface area contributed by atoms with Gasteiger partial charge in [0.2, 0.25) is 21.8 Å². The highest BCUT2D eigenvalue weighted by molar-refractivity contribution is 7.92. The van der Waals surface area contributed by atoms with Crippen molar-refractivity contribution in [3.8, 4) is 11.5 Å². The second-order valence-corrected chi connectivity index (χ2v) is 11.6. The third-order valence-corrected chi connectivity index (χ3v) is 7.39. The molecule has 2 aromatic rings. The number of ether oxygens (including phenoxy) is 2. The third-order valence-electron chi connectivity index (χ3n) is 5.52. The Kier molecular flexibility index (Phi) is 10.9. The van der Waals surface area contributed by atoms with Crippen molar-refractivity contribution >= 4 is 50.7 Å². The van der Waals surface area contributed by atoms with Crippen LogP contribution in [0.25, 0.3) is 0 Å². The van der Waals surface area contributed by atoms with Crippen LogP contribution in [0, 0.1) is 5.92 Å². The Balaban J connectivity index is 2.46. The number of amides is 2. The van der Waals surface area contributed by atoms with E-state index < -0.39 is 28.5 Å². The van der Waals surface area contributed by atoms with Gasteiger partial charge in [-0.1, -0.05) is 43.1 Å². The largest absolute Gasteiger partial charge is 0.497 e. The molecule has 1 atom stereocenters. The first kappa shape index (κ1) is 30.5. The van der Waals surface area contributed by atoms with Gasteiger partial charge in [0.25, 0.3) is 0 Å². The molecule has 9 nitrogen and oxygen atoms in total. The van der Waals surface area contributed by atoms with Crippen LogP contribution in [-0.2, 0) is 26.2 Å². The van der Waals surface area contributed by atoms with Crippen LogP contribution in [0.5, 0.6) is 11.5 Å². The summed E-state index contributed by atoms with van der Waals surface area (Å²) in [5, 5.41) is 3.47. The Morgan fingerprint density at radius 1 is 1.00 bits per heavy atom. The van der Waals surface area contributed by atoms with E-state index in [1.165, 1.54) is 31.3 Å². The smallest absolute Gasteiger partial charge is 0.244 e. The van der Waals surface area contributed by atoms with Gasteiger partial charge in [-0.2, -0.15) is 0 Å². The SMILES string of the molecule is COc1ccc(N(CC(=O)N(Cc2ccc(Cl)c(Cl)c2)[C@@H](C)C(=O)NCC(C)C)S(C)(=O)=O)c(OC)c1. The summed E-state index contributed by atoms with van der Waals surface area (Å²) in [5.41, 5.74) is 0.782. The summed E-state index contributed by atoms with van der Waals surface area (Å²) in [7, 11) is -1.07. The van der Waals surface area contributed by atoms with Crippen LogP contribution in [0.15, 0.2) is 36.4 Å². The van der Waals surface area contributed by atoms with Crippen molar-refractivity contribution in [3.63, 3.8) is 0 Å². The molecular weight excluding hydrogens is 541 g/mol. The number of carbonyl (C=O) groups is 2. The monoisotopic (exact) mass is 573 g/mol.